The Morgan fingerprint density at radius 2 is 1.97 bits per heavy atom. The molecule has 33 heavy (non-hydrogen) atoms. The number of anilines is 1. The summed E-state index contributed by atoms with van der Waals surface area (Å²) in [6.45, 7) is 0. The van der Waals surface area contributed by atoms with Gasteiger partial charge in [-0.3, -0.25) is 18.7 Å². The maximum atomic E-state index is 13.0. The zero-order valence-corrected chi connectivity index (χ0v) is 18.5. The number of nitrogens with zero attached hydrogens (tertiary/aromatic N) is 3. The number of halogens is 3. The van der Waals surface area contributed by atoms with Gasteiger partial charge in [0.25, 0.3) is 5.56 Å². The minimum absolute atomic E-state index is 0.136. The molecule has 1 amide bonds. The molecule has 0 atom stereocenters. The molecule has 4 rings (SSSR count). The van der Waals surface area contributed by atoms with Crippen molar-refractivity contribution in [3.05, 3.63) is 73.4 Å². The molecule has 0 spiro atoms. The monoisotopic (exact) mass is 476 g/mol. The van der Waals surface area contributed by atoms with E-state index in [4.69, 9.17) is 0 Å². The highest BCUT2D eigenvalue weighted by molar-refractivity contribution is 7.14. The molecule has 0 aliphatic heterocycles. The molecule has 1 aliphatic carbocycles. The predicted octanol–water partition coefficient (Wildman–Crippen LogP) is 3.54. The van der Waals surface area contributed by atoms with Crippen molar-refractivity contribution in [2.45, 2.75) is 25.4 Å². The minimum Gasteiger partial charge on any atom is -0.302 e. The molecule has 172 valence electrons. The summed E-state index contributed by atoms with van der Waals surface area (Å²) in [5.41, 5.74) is 0.0554. The van der Waals surface area contributed by atoms with E-state index in [0.29, 0.717) is 28.8 Å². The van der Waals surface area contributed by atoms with Crippen LogP contribution in [0, 0.1) is 0 Å². The van der Waals surface area contributed by atoms with Crippen LogP contribution in [0.3, 0.4) is 0 Å². The van der Waals surface area contributed by atoms with E-state index in [1.54, 1.807) is 30.6 Å². The predicted molar refractivity (Wildman–Crippen MR) is 120 cm³/mol. The first kappa shape index (κ1) is 22.7. The third-order valence-corrected chi connectivity index (χ3v) is 6.21. The molecule has 0 saturated heterocycles. The van der Waals surface area contributed by atoms with Crippen molar-refractivity contribution in [3.8, 4) is 0 Å². The van der Waals surface area contributed by atoms with Crippen LogP contribution in [-0.4, -0.2) is 26.2 Å². The second-order valence-electron chi connectivity index (χ2n) is 7.65. The van der Waals surface area contributed by atoms with E-state index >= 15 is 0 Å². The number of benzene rings is 1. The number of carbonyl (C=O) groups excluding carboxylic acids is 1. The second-order valence-corrected chi connectivity index (χ2v) is 8.50. The van der Waals surface area contributed by atoms with Gasteiger partial charge < -0.3 is 5.32 Å². The Hall–Kier alpha value is -3.47. The van der Waals surface area contributed by atoms with E-state index in [2.05, 4.69) is 10.3 Å². The summed E-state index contributed by atoms with van der Waals surface area (Å²) in [4.78, 5) is 41.7. The third kappa shape index (κ3) is 4.40. The van der Waals surface area contributed by atoms with Crippen LogP contribution in [0.2, 0.25) is 0 Å². The number of thiazole rings is 1. The Labute approximate surface area is 189 Å². The molecule has 0 unspecified atom stereocenters. The lowest BCUT2D eigenvalue weighted by atomic mass is 9.97. The number of aromatic nitrogens is 3. The van der Waals surface area contributed by atoms with Crippen molar-refractivity contribution in [3.63, 3.8) is 0 Å². The van der Waals surface area contributed by atoms with E-state index in [0.717, 1.165) is 28.1 Å². The Kier molecular flexibility index (Phi) is 5.83. The number of allylic oxidation sites excluding steroid dienone is 4. The van der Waals surface area contributed by atoms with Crippen molar-refractivity contribution in [1.29, 1.82) is 0 Å². The maximum absolute atomic E-state index is 13.0. The van der Waals surface area contributed by atoms with Crippen molar-refractivity contribution in [2.24, 2.45) is 14.1 Å². The van der Waals surface area contributed by atoms with Gasteiger partial charge in [-0.25, -0.2) is 9.78 Å². The molecular weight excluding hydrogens is 457 g/mol. The Morgan fingerprint density at radius 1 is 1.21 bits per heavy atom. The zero-order valence-electron chi connectivity index (χ0n) is 17.7. The lowest BCUT2D eigenvalue weighted by molar-refractivity contribution is -0.115. The van der Waals surface area contributed by atoms with Crippen LogP contribution in [0.1, 0.15) is 24.1 Å². The highest BCUT2D eigenvalue weighted by Crippen LogP contribution is 2.35. The number of hydrogen-bond donors (Lipinski definition) is 1. The molecule has 0 bridgehead atoms. The van der Waals surface area contributed by atoms with Gasteiger partial charge in [0.1, 0.15) is 0 Å². The highest BCUT2D eigenvalue weighted by atomic mass is 32.1. The SMILES string of the molecule is Cn1c(=O)c2c(CC(=O)Nc3nc(C4=CC(C(F)(F)F)=CCC4)cs3)cccc2n(C)c1=O. The van der Waals surface area contributed by atoms with E-state index in [1.165, 1.54) is 11.6 Å². The smallest absolute Gasteiger partial charge is 0.302 e. The van der Waals surface area contributed by atoms with Crippen LogP contribution < -0.4 is 16.6 Å². The van der Waals surface area contributed by atoms with Crippen LogP contribution in [0.4, 0.5) is 18.3 Å². The standard InChI is InChI=1S/C22H19F3N4O3S/c1-28-16-8-4-6-13(18(16)19(31)29(2)21(28)32)10-17(30)27-20-26-15(11-33-20)12-5-3-7-14(9-12)22(23,24)25/h4,6-9,11H,3,5,10H2,1-2H3,(H,26,27,30). The van der Waals surface area contributed by atoms with Gasteiger partial charge >= 0.3 is 11.9 Å². The maximum Gasteiger partial charge on any atom is 0.416 e. The van der Waals surface area contributed by atoms with Crippen LogP contribution in [0.5, 0.6) is 0 Å². The van der Waals surface area contributed by atoms with Gasteiger partial charge in [0.15, 0.2) is 5.13 Å². The summed E-state index contributed by atoms with van der Waals surface area (Å²) in [6.07, 6.45) is -1.63. The van der Waals surface area contributed by atoms with Crippen LogP contribution in [0.25, 0.3) is 16.5 Å². The molecule has 2 heterocycles. The Morgan fingerprint density at radius 3 is 2.70 bits per heavy atom. The summed E-state index contributed by atoms with van der Waals surface area (Å²) in [5, 5.41) is 4.77. The summed E-state index contributed by atoms with van der Waals surface area (Å²) in [6, 6.07) is 4.93. The van der Waals surface area contributed by atoms with Gasteiger partial charge in [0, 0.05) is 19.5 Å². The number of carbonyl (C=O) groups is 1. The van der Waals surface area contributed by atoms with E-state index in [1.807, 2.05) is 0 Å². The normalized spacial score (nSPS) is 14.2. The molecule has 0 radical (unpaired) electrons. The summed E-state index contributed by atoms with van der Waals surface area (Å²) in [5.74, 6) is -0.437. The molecule has 2 aromatic heterocycles. The average Bonchev–Trinajstić information content (AvgIpc) is 3.24. The first-order chi connectivity index (χ1) is 15.6. The van der Waals surface area contributed by atoms with Crippen molar-refractivity contribution in [1.82, 2.24) is 14.1 Å². The van der Waals surface area contributed by atoms with Gasteiger partial charge in [-0.05, 0) is 36.1 Å². The van der Waals surface area contributed by atoms with Gasteiger partial charge in [-0.1, -0.05) is 18.2 Å². The highest BCUT2D eigenvalue weighted by Gasteiger charge is 2.33. The summed E-state index contributed by atoms with van der Waals surface area (Å²) in [7, 11) is 2.92. The number of nitrogens with one attached hydrogen (secondary N) is 1. The molecule has 7 nitrogen and oxygen atoms in total. The molecule has 0 saturated carbocycles. The first-order valence-corrected chi connectivity index (χ1v) is 10.9. The van der Waals surface area contributed by atoms with Crippen molar-refractivity contribution in [2.75, 3.05) is 5.32 Å². The van der Waals surface area contributed by atoms with Crippen LogP contribution in [-0.2, 0) is 25.3 Å². The summed E-state index contributed by atoms with van der Waals surface area (Å²) >= 11 is 1.11. The largest absolute Gasteiger partial charge is 0.416 e. The quantitative estimate of drug-likeness (QED) is 0.624. The third-order valence-electron chi connectivity index (χ3n) is 5.45. The molecule has 0 fully saturated rings. The van der Waals surface area contributed by atoms with Gasteiger partial charge in [-0.2, -0.15) is 13.2 Å². The Balaban J connectivity index is 1.56. The van der Waals surface area contributed by atoms with Crippen LogP contribution >= 0.6 is 11.3 Å². The number of alkyl halides is 3. The van der Waals surface area contributed by atoms with Gasteiger partial charge in [0.05, 0.1) is 28.6 Å². The van der Waals surface area contributed by atoms with Gasteiger partial charge in [-0.15, -0.1) is 11.3 Å². The van der Waals surface area contributed by atoms with Gasteiger partial charge in [0.2, 0.25) is 5.91 Å². The van der Waals surface area contributed by atoms with E-state index < -0.39 is 28.9 Å². The molecule has 1 aromatic carbocycles. The minimum atomic E-state index is -4.42. The number of amides is 1. The molecule has 1 aliphatic rings. The molecular formula is C22H19F3N4O3S. The van der Waals surface area contributed by atoms with E-state index in [-0.39, 0.29) is 23.4 Å². The fourth-order valence-electron chi connectivity index (χ4n) is 3.76. The molecule has 11 heteroatoms. The fraction of sp³-hybridized carbons (Fsp3) is 0.273. The zero-order chi connectivity index (χ0) is 23.9. The van der Waals surface area contributed by atoms with Crippen molar-refractivity contribution >= 4 is 38.9 Å². The van der Waals surface area contributed by atoms with Crippen molar-refractivity contribution < 1.29 is 18.0 Å². The number of aryl methyl sites for hydroxylation is 1. The number of hydrogen-bond acceptors (Lipinski definition) is 5. The lowest BCUT2D eigenvalue weighted by Crippen LogP contribution is -2.37. The van der Waals surface area contributed by atoms with Crippen LogP contribution in [0.15, 0.2) is 50.9 Å². The Bertz CT molecular complexity index is 1440. The topological polar surface area (TPSA) is 86.0 Å². The lowest BCUT2D eigenvalue weighted by Gasteiger charge is -2.14. The fourth-order valence-corrected chi connectivity index (χ4v) is 4.51. The first-order valence-electron chi connectivity index (χ1n) is 9.97. The summed E-state index contributed by atoms with van der Waals surface area (Å²) < 4.78 is 41.3. The van der Waals surface area contributed by atoms with E-state index in [9.17, 15) is 27.6 Å². The number of rotatable bonds is 4. The number of fused-ring (bicyclic) bond motifs is 1. The molecule has 1 N–H and O–H groups in total. The molecule has 3 aromatic rings. The second kappa shape index (κ2) is 8.47. The average molecular weight is 476 g/mol.